The highest BCUT2D eigenvalue weighted by atomic mass is 15.1. The number of nitrogens with one attached hydrogen (secondary N) is 1. The monoisotopic (exact) mass is 283 g/mol. The quantitative estimate of drug-likeness (QED) is 0.938. The van der Waals surface area contributed by atoms with E-state index in [1.165, 1.54) is 19.4 Å². The number of aromatic nitrogens is 3. The molecule has 0 aromatic carbocycles. The van der Waals surface area contributed by atoms with E-state index in [0.717, 1.165) is 29.6 Å². The molecule has 0 spiro atoms. The van der Waals surface area contributed by atoms with E-state index in [0.29, 0.717) is 5.92 Å². The lowest BCUT2D eigenvalue weighted by Gasteiger charge is -2.29. The Labute approximate surface area is 125 Å². The Morgan fingerprint density at radius 2 is 2.10 bits per heavy atom. The maximum Gasteiger partial charge on any atom is 0.150 e. The summed E-state index contributed by atoms with van der Waals surface area (Å²) in [7, 11) is 2.17. The first-order chi connectivity index (χ1) is 10.2. The first-order valence-electron chi connectivity index (χ1n) is 7.42. The van der Waals surface area contributed by atoms with Crippen molar-refractivity contribution in [2.75, 3.05) is 25.5 Å². The van der Waals surface area contributed by atoms with Crippen LogP contribution in [-0.2, 0) is 0 Å². The number of hydrogen-bond donors (Lipinski definition) is 1. The fourth-order valence-corrected chi connectivity index (χ4v) is 2.79. The van der Waals surface area contributed by atoms with Crippen LogP contribution in [0.15, 0.2) is 30.6 Å². The fourth-order valence-electron chi connectivity index (χ4n) is 2.79. The van der Waals surface area contributed by atoms with Crippen molar-refractivity contribution in [3.63, 3.8) is 0 Å². The van der Waals surface area contributed by atoms with Gasteiger partial charge in [-0.15, -0.1) is 0 Å². The van der Waals surface area contributed by atoms with Crippen molar-refractivity contribution >= 4 is 11.6 Å². The van der Waals surface area contributed by atoms with E-state index in [-0.39, 0.29) is 0 Å². The van der Waals surface area contributed by atoms with Crippen molar-refractivity contribution in [2.45, 2.75) is 25.7 Å². The highest BCUT2D eigenvalue weighted by Gasteiger charge is 2.20. The van der Waals surface area contributed by atoms with Crippen LogP contribution in [0.1, 0.15) is 30.1 Å². The molecule has 0 saturated carbocycles. The molecule has 110 valence electrons. The number of piperidine rings is 1. The summed E-state index contributed by atoms with van der Waals surface area (Å²) in [5.41, 5.74) is 2.05. The van der Waals surface area contributed by atoms with Crippen molar-refractivity contribution in [2.24, 2.45) is 0 Å². The van der Waals surface area contributed by atoms with Crippen LogP contribution in [-0.4, -0.2) is 40.0 Å². The average Bonchev–Trinajstić information content (AvgIpc) is 2.47. The zero-order valence-corrected chi connectivity index (χ0v) is 12.6. The Bertz CT molecular complexity index is 613. The zero-order chi connectivity index (χ0) is 14.7. The summed E-state index contributed by atoms with van der Waals surface area (Å²) in [5, 5.41) is 3.24. The summed E-state index contributed by atoms with van der Waals surface area (Å²) >= 11 is 0. The number of hydrogen-bond acceptors (Lipinski definition) is 5. The first-order valence-corrected chi connectivity index (χ1v) is 7.42. The van der Waals surface area contributed by atoms with Crippen LogP contribution in [0, 0.1) is 6.92 Å². The topological polar surface area (TPSA) is 53.9 Å². The third kappa shape index (κ3) is 3.55. The van der Waals surface area contributed by atoms with Gasteiger partial charge in [0.1, 0.15) is 11.6 Å². The molecule has 1 N–H and O–H groups in total. The van der Waals surface area contributed by atoms with E-state index in [4.69, 9.17) is 4.98 Å². The van der Waals surface area contributed by atoms with Crippen LogP contribution in [0.25, 0.3) is 0 Å². The molecule has 5 nitrogen and oxygen atoms in total. The van der Waals surface area contributed by atoms with Crippen molar-refractivity contribution in [3.05, 3.63) is 42.0 Å². The Hall–Kier alpha value is -2.01. The summed E-state index contributed by atoms with van der Waals surface area (Å²) < 4.78 is 0. The second-order valence-electron chi connectivity index (χ2n) is 5.72. The average molecular weight is 283 g/mol. The molecule has 0 radical (unpaired) electrons. The summed E-state index contributed by atoms with van der Waals surface area (Å²) in [6, 6.07) is 5.90. The molecule has 1 fully saturated rings. The van der Waals surface area contributed by atoms with Gasteiger partial charge in [0.15, 0.2) is 0 Å². The lowest BCUT2D eigenvalue weighted by atomic mass is 9.95. The SMILES string of the molecule is Cc1cccc(Nc2cncc([C@H]3CCCN(C)C3)n2)n1. The van der Waals surface area contributed by atoms with Crippen molar-refractivity contribution < 1.29 is 0 Å². The lowest BCUT2D eigenvalue weighted by molar-refractivity contribution is 0.248. The van der Waals surface area contributed by atoms with Gasteiger partial charge in [-0.05, 0) is 45.5 Å². The summed E-state index contributed by atoms with van der Waals surface area (Å²) in [6.45, 7) is 4.21. The molecule has 5 heteroatoms. The molecule has 0 unspecified atom stereocenters. The Morgan fingerprint density at radius 3 is 2.90 bits per heavy atom. The molecule has 2 aromatic heterocycles. The molecule has 3 rings (SSSR count). The number of aryl methyl sites for hydroxylation is 1. The molecular weight excluding hydrogens is 262 g/mol. The van der Waals surface area contributed by atoms with Gasteiger partial charge in [-0.3, -0.25) is 4.98 Å². The number of likely N-dealkylation sites (tertiary alicyclic amines) is 1. The van der Waals surface area contributed by atoms with Gasteiger partial charge in [0, 0.05) is 24.4 Å². The van der Waals surface area contributed by atoms with Crippen molar-refractivity contribution in [1.82, 2.24) is 19.9 Å². The maximum absolute atomic E-state index is 4.72. The minimum Gasteiger partial charge on any atom is -0.324 e. The third-order valence-corrected chi connectivity index (χ3v) is 3.84. The molecule has 1 aliphatic rings. The van der Waals surface area contributed by atoms with Crippen LogP contribution >= 0.6 is 0 Å². The highest BCUT2D eigenvalue weighted by Crippen LogP contribution is 2.25. The van der Waals surface area contributed by atoms with Gasteiger partial charge in [0.05, 0.1) is 11.9 Å². The van der Waals surface area contributed by atoms with Gasteiger partial charge in [0.2, 0.25) is 0 Å². The van der Waals surface area contributed by atoms with Crippen molar-refractivity contribution in [3.8, 4) is 0 Å². The van der Waals surface area contributed by atoms with Crippen molar-refractivity contribution in [1.29, 1.82) is 0 Å². The van der Waals surface area contributed by atoms with E-state index in [2.05, 4.69) is 27.2 Å². The van der Waals surface area contributed by atoms with E-state index >= 15 is 0 Å². The molecule has 0 bridgehead atoms. The highest BCUT2D eigenvalue weighted by molar-refractivity contribution is 5.50. The summed E-state index contributed by atoms with van der Waals surface area (Å²) in [5.74, 6) is 2.05. The van der Waals surface area contributed by atoms with Crippen LogP contribution < -0.4 is 5.32 Å². The predicted molar refractivity (Wildman–Crippen MR) is 83.8 cm³/mol. The largest absolute Gasteiger partial charge is 0.324 e. The van der Waals surface area contributed by atoms with E-state index < -0.39 is 0 Å². The minimum atomic E-state index is 0.475. The maximum atomic E-state index is 4.72. The summed E-state index contributed by atoms with van der Waals surface area (Å²) in [6.07, 6.45) is 6.05. The van der Waals surface area contributed by atoms with Gasteiger partial charge < -0.3 is 10.2 Å². The number of nitrogens with zero attached hydrogens (tertiary/aromatic N) is 4. The second-order valence-corrected chi connectivity index (χ2v) is 5.72. The normalized spacial score (nSPS) is 19.4. The number of anilines is 2. The van der Waals surface area contributed by atoms with Crippen LogP contribution in [0.4, 0.5) is 11.6 Å². The molecule has 0 aliphatic carbocycles. The number of rotatable bonds is 3. The van der Waals surface area contributed by atoms with E-state index in [1.54, 1.807) is 6.20 Å². The molecule has 1 saturated heterocycles. The Kier molecular flexibility index (Phi) is 4.10. The van der Waals surface area contributed by atoms with Gasteiger partial charge >= 0.3 is 0 Å². The number of pyridine rings is 1. The number of likely N-dealkylation sites (N-methyl/N-ethyl adjacent to an activating group) is 1. The third-order valence-electron chi connectivity index (χ3n) is 3.84. The van der Waals surface area contributed by atoms with Crippen LogP contribution in [0.2, 0.25) is 0 Å². The zero-order valence-electron chi connectivity index (χ0n) is 12.6. The summed E-state index contributed by atoms with van der Waals surface area (Å²) in [4.78, 5) is 15.8. The standard InChI is InChI=1S/C16H21N5/c1-12-5-3-7-15(18-12)20-16-10-17-9-14(19-16)13-6-4-8-21(2)11-13/h3,5,7,9-10,13H,4,6,8,11H2,1-2H3,(H,18,19,20)/t13-/m0/s1. The Balaban J connectivity index is 1.76. The lowest BCUT2D eigenvalue weighted by Crippen LogP contribution is -2.31. The fraction of sp³-hybridized carbons (Fsp3) is 0.438. The Morgan fingerprint density at radius 1 is 1.19 bits per heavy atom. The van der Waals surface area contributed by atoms with E-state index in [9.17, 15) is 0 Å². The van der Waals surface area contributed by atoms with Gasteiger partial charge in [-0.25, -0.2) is 9.97 Å². The molecular formula is C16H21N5. The predicted octanol–water partition coefficient (Wildman–Crippen LogP) is 2.73. The molecule has 1 aliphatic heterocycles. The van der Waals surface area contributed by atoms with E-state index in [1.807, 2.05) is 31.3 Å². The minimum absolute atomic E-state index is 0.475. The first kappa shape index (κ1) is 13.9. The van der Waals surface area contributed by atoms with Gasteiger partial charge in [-0.2, -0.15) is 0 Å². The smallest absolute Gasteiger partial charge is 0.150 e. The molecule has 21 heavy (non-hydrogen) atoms. The molecule has 3 heterocycles. The second kappa shape index (κ2) is 6.18. The van der Waals surface area contributed by atoms with Gasteiger partial charge in [-0.1, -0.05) is 6.07 Å². The molecule has 1 atom stereocenters. The van der Waals surface area contributed by atoms with Gasteiger partial charge in [0.25, 0.3) is 0 Å². The molecule has 0 amide bonds. The molecule has 2 aromatic rings. The van der Waals surface area contributed by atoms with Crippen LogP contribution in [0.3, 0.4) is 0 Å². The van der Waals surface area contributed by atoms with Crippen LogP contribution in [0.5, 0.6) is 0 Å².